The van der Waals surface area contributed by atoms with Crippen LogP contribution in [0.2, 0.25) is 0 Å². The molecule has 30 heavy (non-hydrogen) atoms. The number of fused-ring (bicyclic) bond motifs is 1. The molecule has 0 aliphatic carbocycles. The highest BCUT2D eigenvalue weighted by atomic mass is 19.3. The number of hydrogen-bond acceptors (Lipinski definition) is 8. The van der Waals surface area contributed by atoms with Crippen molar-refractivity contribution in [2.24, 2.45) is 0 Å². The molecule has 4 atom stereocenters. The van der Waals surface area contributed by atoms with Crippen LogP contribution in [0.15, 0.2) is 29.7 Å². The maximum atomic E-state index is 12.6. The van der Waals surface area contributed by atoms with Gasteiger partial charge < -0.3 is 29.8 Å². The van der Waals surface area contributed by atoms with Gasteiger partial charge in [0.2, 0.25) is 0 Å². The zero-order valence-electron chi connectivity index (χ0n) is 15.2. The Kier molecular flexibility index (Phi) is 5.27. The number of nitrogens with one attached hydrogen (secondary N) is 2. The highest BCUT2D eigenvalue weighted by Gasteiger charge is 2.39. The first-order valence-electron chi connectivity index (χ1n) is 8.85. The van der Waals surface area contributed by atoms with E-state index in [2.05, 4.69) is 25.4 Å². The summed E-state index contributed by atoms with van der Waals surface area (Å²) in [4.78, 5) is 34.3. The summed E-state index contributed by atoms with van der Waals surface area (Å²) in [6.45, 7) is -2.99. The first kappa shape index (κ1) is 20.1. The average molecular weight is 425 g/mol. The second kappa shape index (κ2) is 7.89. The SMILES string of the molecule is O=C(N[C@@H]1CO[C@H](Cn2cnc3c(=O)[nH]cnc32)[C@@H](O)[C@H]1O)c1ccn(C(F)F)n1. The predicted octanol–water partition coefficient (Wildman–Crippen LogP) is -1.37. The molecular weight excluding hydrogens is 408 g/mol. The number of aromatic nitrogens is 6. The van der Waals surface area contributed by atoms with E-state index >= 15 is 0 Å². The summed E-state index contributed by atoms with van der Waals surface area (Å²) in [5.41, 5.74) is -0.271. The van der Waals surface area contributed by atoms with Crippen LogP contribution in [0.25, 0.3) is 11.2 Å². The van der Waals surface area contributed by atoms with E-state index in [1.807, 2.05) is 0 Å². The molecular formula is C16H17F2N7O5. The summed E-state index contributed by atoms with van der Waals surface area (Å²) in [5.74, 6) is -0.795. The summed E-state index contributed by atoms with van der Waals surface area (Å²) in [5, 5.41) is 26.7. The van der Waals surface area contributed by atoms with Crippen LogP contribution in [0.4, 0.5) is 8.78 Å². The molecule has 0 spiro atoms. The monoisotopic (exact) mass is 425 g/mol. The highest BCUT2D eigenvalue weighted by molar-refractivity contribution is 5.92. The molecule has 4 N–H and O–H groups in total. The number of aliphatic hydroxyl groups is 2. The lowest BCUT2D eigenvalue weighted by Gasteiger charge is -2.37. The van der Waals surface area contributed by atoms with Gasteiger partial charge in [0, 0.05) is 6.20 Å². The molecule has 1 aliphatic heterocycles. The highest BCUT2D eigenvalue weighted by Crippen LogP contribution is 2.19. The molecule has 1 amide bonds. The molecule has 160 valence electrons. The van der Waals surface area contributed by atoms with Gasteiger partial charge in [-0.05, 0) is 6.07 Å². The molecule has 12 nitrogen and oxygen atoms in total. The van der Waals surface area contributed by atoms with Crippen molar-refractivity contribution in [3.05, 3.63) is 41.0 Å². The summed E-state index contributed by atoms with van der Waals surface area (Å²) >= 11 is 0. The molecule has 0 unspecified atom stereocenters. The summed E-state index contributed by atoms with van der Waals surface area (Å²) in [7, 11) is 0. The molecule has 4 rings (SSSR count). The zero-order chi connectivity index (χ0) is 21.4. The molecule has 14 heteroatoms. The van der Waals surface area contributed by atoms with Crippen molar-refractivity contribution >= 4 is 17.1 Å². The molecule has 1 saturated heterocycles. The number of imidazole rings is 1. The van der Waals surface area contributed by atoms with E-state index in [4.69, 9.17) is 4.74 Å². The third-order valence-corrected chi connectivity index (χ3v) is 4.77. The second-order valence-electron chi connectivity index (χ2n) is 6.69. The van der Waals surface area contributed by atoms with E-state index < -0.39 is 42.4 Å². The van der Waals surface area contributed by atoms with Gasteiger partial charge in [-0.1, -0.05) is 0 Å². The first-order valence-corrected chi connectivity index (χ1v) is 8.85. The quantitative estimate of drug-likeness (QED) is 0.390. The Morgan fingerprint density at radius 1 is 1.37 bits per heavy atom. The average Bonchev–Trinajstić information content (AvgIpc) is 3.36. The van der Waals surface area contributed by atoms with Gasteiger partial charge in [-0.25, -0.2) is 14.6 Å². The topological polar surface area (TPSA) is 160 Å². The van der Waals surface area contributed by atoms with E-state index in [0.29, 0.717) is 4.68 Å². The van der Waals surface area contributed by atoms with Gasteiger partial charge >= 0.3 is 6.55 Å². The van der Waals surface area contributed by atoms with Gasteiger partial charge in [0.25, 0.3) is 11.5 Å². The molecule has 1 aliphatic rings. The molecule has 0 aromatic carbocycles. The number of carbonyl (C=O) groups is 1. The molecule has 3 aromatic rings. The molecule has 0 saturated carbocycles. The van der Waals surface area contributed by atoms with Crippen LogP contribution in [-0.2, 0) is 11.3 Å². The first-order chi connectivity index (χ1) is 14.3. The Hall–Kier alpha value is -3.23. The van der Waals surface area contributed by atoms with Crippen molar-refractivity contribution in [2.75, 3.05) is 6.61 Å². The van der Waals surface area contributed by atoms with Crippen molar-refractivity contribution < 1.29 is 28.5 Å². The minimum absolute atomic E-state index is 0.0463. The number of amides is 1. The van der Waals surface area contributed by atoms with Crippen LogP contribution >= 0.6 is 0 Å². The van der Waals surface area contributed by atoms with Gasteiger partial charge in [-0.3, -0.25) is 9.59 Å². The Morgan fingerprint density at radius 2 is 2.17 bits per heavy atom. The van der Waals surface area contributed by atoms with Crippen LogP contribution in [0.1, 0.15) is 17.0 Å². The van der Waals surface area contributed by atoms with E-state index in [1.54, 1.807) is 0 Å². The van der Waals surface area contributed by atoms with Gasteiger partial charge in [0.1, 0.15) is 24.0 Å². The number of halogens is 2. The molecule has 1 fully saturated rings. The Balaban J connectivity index is 1.42. The number of ether oxygens (including phenoxy) is 1. The minimum atomic E-state index is -2.89. The maximum Gasteiger partial charge on any atom is 0.333 e. The zero-order valence-corrected chi connectivity index (χ0v) is 15.2. The van der Waals surface area contributed by atoms with Crippen molar-refractivity contribution in [2.45, 2.75) is 37.4 Å². The lowest BCUT2D eigenvalue weighted by atomic mass is 9.97. The smallest absolute Gasteiger partial charge is 0.333 e. The Morgan fingerprint density at radius 3 is 2.90 bits per heavy atom. The number of aromatic amines is 1. The molecule has 0 radical (unpaired) electrons. The maximum absolute atomic E-state index is 12.6. The standard InChI is InChI=1S/C16H17F2N7O5/c17-16(18)25-2-1-7(23-25)14(28)22-8-4-30-9(12(27)11(8)26)3-24-6-21-10-13(24)19-5-20-15(10)29/h1-2,5-6,8-9,11-12,16,26-27H,3-4H2,(H,22,28)(H,19,20,29)/t8-,9-,11+,12-/m1/s1. The second-order valence-corrected chi connectivity index (χ2v) is 6.69. The van der Waals surface area contributed by atoms with Crippen molar-refractivity contribution in [1.29, 1.82) is 0 Å². The number of nitrogens with zero attached hydrogens (tertiary/aromatic N) is 5. The lowest BCUT2D eigenvalue weighted by molar-refractivity contribution is -0.152. The summed E-state index contributed by atoms with van der Waals surface area (Å²) in [6, 6.07) is 0.122. The van der Waals surface area contributed by atoms with Gasteiger partial charge in [0.05, 0.1) is 31.8 Å². The van der Waals surface area contributed by atoms with Gasteiger partial charge in [-0.2, -0.15) is 13.9 Å². The Labute approximate surface area is 166 Å². The molecule has 3 aromatic heterocycles. The van der Waals surface area contributed by atoms with E-state index in [0.717, 1.165) is 12.3 Å². The fourth-order valence-corrected chi connectivity index (χ4v) is 3.20. The van der Waals surface area contributed by atoms with E-state index in [-0.39, 0.29) is 30.0 Å². The summed E-state index contributed by atoms with van der Waals surface area (Å²) < 4.78 is 32.6. The number of carbonyl (C=O) groups excluding carboxylic acids is 1. The van der Waals surface area contributed by atoms with Crippen molar-refractivity contribution in [3.63, 3.8) is 0 Å². The Bertz CT molecular complexity index is 1110. The molecule has 0 bridgehead atoms. The van der Waals surface area contributed by atoms with E-state index in [9.17, 15) is 28.6 Å². The van der Waals surface area contributed by atoms with Gasteiger partial charge in [-0.15, -0.1) is 0 Å². The number of alkyl halides is 2. The van der Waals surface area contributed by atoms with Crippen LogP contribution in [-0.4, -0.2) is 76.4 Å². The van der Waals surface area contributed by atoms with Crippen LogP contribution in [0.3, 0.4) is 0 Å². The lowest BCUT2D eigenvalue weighted by Crippen LogP contribution is -2.60. The predicted molar refractivity (Wildman–Crippen MR) is 94.6 cm³/mol. The van der Waals surface area contributed by atoms with Gasteiger partial charge in [0.15, 0.2) is 11.2 Å². The largest absolute Gasteiger partial charge is 0.388 e. The number of hydrogen-bond donors (Lipinski definition) is 4. The van der Waals surface area contributed by atoms with Crippen LogP contribution in [0.5, 0.6) is 0 Å². The third kappa shape index (κ3) is 3.67. The number of rotatable bonds is 5. The fraction of sp³-hybridized carbons (Fsp3) is 0.438. The molecule has 4 heterocycles. The third-order valence-electron chi connectivity index (χ3n) is 4.77. The van der Waals surface area contributed by atoms with Crippen LogP contribution in [0, 0.1) is 0 Å². The number of H-pyrrole nitrogens is 1. The van der Waals surface area contributed by atoms with E-state index in [1.165, 1.54) is 17.2 Å². The van der Waals surface area contributed by atoms with Crippen molar-refractivity contribution in [3.8, 4) is 0 Å². The number of aliphatic hydroxyl groups excluding tert-OH is 2. The normalized spacial score (nSPS) is 24.4. The van der Waals surface area contributed by atoms with Crippen molar-refractivity contribution in [1.82, 2.24) is 34.6 Å². The fourth-order valence-electron chi connectivity index (χ4n) is 3.20. The minimum Gasteiger partial charge on any atom is -0.388 e. The van der Waals surface area contributed by atoms with Crippen LogP contribution < -0.4 is 10.9 Å². The summed E-state index contributed by atoms with van der Waals surface area (Å²) in [6.07, 6.45) is -0.116.